The van der Waals surface area contributed by atoms with E-state index < -0.39 is 11.7 Å². The Kier molecular flexibility index (Phi) is 5.15. The van der Waals surface area contributed by atoms with E-state index >= 15 is 0 Å². The van der Waals surface area contributed by atoms with Crippen LogP contribution in [-0.4, -0.2) is 31.5 Å². The van der Waals surface area contributed by atoms with Crippen LogP contribution in [-0.2, 0) is 4.79 Å². The van der Waals surface area contributed by atoms with Crippen molar-refractivity contribution < 1.29 is 9.18 Å². The van der Waals surface area contributed by atoms with Crippen LogP contribution >= 0.6 is 23.4 Å². The average Bonchev–Trinajstić information content (AvgIpc) is 3.22. The Morgan fingerprint density at radius 2 is 2.00 bits per heavy atom. The van der Waals surface area contributed by atoms with Gasteiger partial charge in [0.15, 0.2) is 5.84 Å². The predicted molar refractivity (Wildman–Crippen MR) is 120 cm³/mol. The van der Waals surface area contributed by atoms with Crippen LogP contribution < -0.4 is 0 Å². The van der Waals surface area contributed by atoms with Crippen LogP contribution in [0.5, 0.6) is 0 Å². The summed E-state index contributed by atoms with van der Waals surface area (Å²) in [5.74, 6) is -0.763. The van der Waals surface area contributed by atoms with Gasteiger partial charge in [-0.05, 0) is 61.5 Å². The zero-order valence-electron chi connectivity index (χ0n) is 16.8. The molecule has 3 heterocycles. The molecule has 1 N–H and O–H groups in total. The van der Waals surface area contributed by atoms with Gasteiger partial charge in [0, 0.05) is 23.0 Å². The second kappa shape index (κ2) is 7.52. The average molecular weight is 444 g/mol. The Morgan fingerprint density at radius 1 is 1.27 bits per heavy atom. The number of fused-ring (bicyclic) bond motifs is 1. The highest BCUT2D eigenvalue weighted by atomic mass is 35.5. The van der Waals surface area contributed by atoms with Gasteiger partial charge in [-0.15, -0.1) is 0 Å². The summed E-state index contributed by atoms with van der Waals surface area (Å²) in [5.41, 5.74) is 3.37. The van der Waals surface area contributed by atoms with Crippen LogP contribution in [0.25, 0.3) is 11.8 Å². The van der Waals surface area contributed by atoms with Crippen molar-refractivity contribution in [3.8, 4) is 5.69 Å². The number of carbonyl (C=O) groups excluding carboxylic acids is 1. The lowest BCUT2D eigenvalue weighted by Crippen LogP contribution is -2.35. The van der Waals surface area contributed by atoms with Crippen molar-refractivity contribution in [2.75, 3.05) is 0 Å². The minimum Gasteiger partial charge on any atom is -0.318 e. The number of aliphatic imine (C=N–C) groups is 1. The molecule has 9 heteroatoms. The lowest BCUT2D eigenvalue weighted by Gasteiger charge is -2.20. The summed E-state index contributed by atoms with van der Waals surface area (Å²) in [5, 5.41) is 15.6. The minimum atomic E-state index is -0.482. The number of hydrogen-bond donors (Lipinski definition) is 1. The monoisotopic (exact) mass is 443 g/mol. The van der Waals surface area contributed by atoms with Gasteiger partial charge in [0.1, 0.15) is 10.9 Å². The van der Waals surface area contributed by atoms with Crippen LogP contribution in [0.15, 0.2) is 39.9 Å². The highest BCUT2D eigenvalue weighted by Gasteiger charge is 2.36. The smallest absolute Gasteiger partial charge is 0.283 e. The summed E-state index contributed by atoms with van der Waals surface area (Å²) in [4.78, 5) is 16.8. The molecular weight excluding hydrogens is 425 g/mol. The molecule has 2 aliphatic rings. The first-order chi connectivity index (χ1) is 14.2. The van der Waals surface area contributed by atoms with Crippen molar-refractivity contribution in [1.82, 2.24) is 9.58 Å². The number of amidine groups is 2. The van der Waals surface area contributed by atoms with Crippen molar-refractivity contribution in [2.45, 2.75) is 27.7 Å². The molecule has 0 saturated carbocycles. The molecule has 1 aromatic heterocycles. The zero-order valence-corrected chi connectivity index (χ0v) is 18.4. The van der Waals surface area contributed by atoms with E-state index in [0.29, 0.717) is 10.9 Å². The fourth-order valence-corrected chi connectivity index (χ4v) is 4.42. The molecule has 6 nitrogen and oxygen atoms in total. The van der Waals surface area contributed by atoms with Crippen molar-refractivity contribution in [3.63, 3.8) is 0 Å². The van der Waals surface area contributed by atoms with E-state index in [1.807, 2.05) is 38.3 Å². The number of benzene rings is 1. The van der Waals surface area contributed by atoms with Gasteiger partial charge in [0.05, 0.1) is 10.6 Å². The van der Waals surface area contributed by atoms with Crippen molar-refractivity contribution in [1.29, 1.82) is 5.41 Å². The van der Waals surface area contributed by atoms with Crippen molar-refractivity contribution in [2.24, 2.45) is 16.0 Å². The predicted octanol–water partition coefficient (Wildman–Crippen LogP) is 5.16. The Morgan fingerprint density at radius 3 is 2.67 bits per heavy atom. The van der Waals surface area contributed by atoms with Gasteiger partial charge in [0.25, 0.3) is 5.91 Å². The van der Waals surface area contributed by atoms with Crippen LogP contribution in [0, 0.1) is 31.0 Å². The van der Waals surface area contributed by atoms with E-state index in [4.69, 9.17) is 17.0 Å². The van der Waals surface area contributed by atoms with E-state index in [-0.39, 0.29) is 22.3 Å². The highest BCUT2D eigenvalue weighted by Crippen LogP contribution is 2.32. The second-order valence-corrected chi connectivity index (χ2v) is 8.77. The normalized spacial score (nSPS) is 17.7. The summed E-state index contributed by atoms with van der Waals surface area (Å²) in [7, 11) is 0. The number of hydrogen-bond acceptors (Lipinski definition) is 4. The molecule has 30 heavy (non-hydrogen) atoms. The van der Waals surface area contributed by atoms with Gasteiger partial charge in [-0.3, -0.25) is 10.2 Å². The third kappa shape index (κ3) is 3.40. The maximum atomic E-state index is 13.6. The molecule has 2 aromatic rings. The molecule has 0 bridgehead atoms. The lowest BCUT2D eigenvalue weighted by molar-refractivity contribution is -0.114. The third-order valence-corrected chi connectivity index (χ3v) is 6.39. The summed E-state index contributed by atoms with van der Waals surface area (Å²) in [6, 6.07) is 6.43. The Balaban J connectivity index is 1.75. The summed E-state index contributed by atoms with van der Waals surface area (Å²) < 4.78 is 15.5. The van der Waals surface area contributed by atoms with Crippen LogP contribution in [0.3, 0.4) is 0 Å². The molecule has 0 atom stereocenters. The maximum absolute atomic E-state index is 13.6. The Bertz CT molecular complexity index is 1190. The van der Waals surface area contributed by atoms with Crippen molar-refractivity contribution in [3.05, 3.63) is 57.6 Å². The molecule has 4 rings (SSSR count). The number of carbonyl (C=O) groups is 1. The molecule has 1 aromatic carbocycles. The molecule has 0 radical (unpaired) electrons. The number of halogens is 2. The fourth-order valence-electron chi connectivity index (χ4n) is 3.35. The lowest BCUT2D eigenvalue weighted by atomic mass is 10.1. The van der Waals surface area contributed by atoms with E-state index in [9.17, 15) is 9.18 Å². The third-order valence-electron chi connectivity index (χ3n) is 4.90. The topological polar surface area (TPSA) is 73.8 Å². The number of aromatic nitrogens is 1. The molecular formula is C21H19ClFN5OS. The summed E-state index contributed by atoms with van der Waals surface area (Å²) in [6.45, 7) is 7.81. The number of aryl methyl sites for hydroxylation is 1. The molecule has 0 saturated heterocycles. The van der Waals surface area contributed by atoms with Gasteiger partial charge < -0.3 is 4.57 Å². The molecule has 2 aliphatic heterocycles. The summed E-state index contributed by atoms with van der Waals surface area (Å²) >= 11 is 7.26. The zero-order chi connectivity index (χ0) is 21.7. The van der Waals surface area contributed by atoms with Gasteiger partial charge in [-0.1, -0.05) is 25.4 Å². The standard InChI is InChI=1S/C21H19ClFN5OS/c1-10(2)20-26-28-18(24)15(19(29)25-21(28)30-20)8-13-7-11(3)27(12(13)4)14-5-6-17(23)16(22)9-14/h5-10,24H,1-4H3. The first-order valence-corrected chi connectivity index (χ1v) is 10.5. The summed E-state index contributed by atoms with van der Waals surface area (Å²) in [6.07, 6.45) is 1.66. The number of thioether (sulfide) groups is 1. The van der Waals surface area contributed by atoms with E-state index in [0.717, 1.165) is 22.0 Å². The van der Waals surface area contributed by atoms with E-state index in [2.05, 4.69) is 10.1 Å². The van der Waals surface area contributed by atoms with Gasteiger partial charge in [-0.25, -0.2) is 4.39 Å². The largest absolute Gasteiger partial charge is 0.318 e. The SMILES string of the molecule is Cc1cc(C=C2C(=N)N3N=C(C(C)C)SC3=NC2=O)c(C)n1-c1ccc(F)c(Cl)c1. The van der Waals surface area contributed by atoms with Gasteiger partial charge in [-0.2, -0.15) is 15.1 Å². The van der Waals surface area contributed by atoms with Gasteiger partial charge >= 0.3 is 0 Å². The maximum Gasteiger partial charge on any atom is 0.283 e. The van der Waals surface area contributed by atoms with E-state index in [1.54, 1.807) is 18.2 Å². The van der Waals surface area contributed by atoms with Gasteiger partial charge in [0.2, 0.25) is 5.17 Å². The molecule has 1 amide bonds. The molecule has 0 aliphatic carbocycles. The van der Waals surface area contributed by atoms with Crippen LogP contribution in [0.1, 0.15) is 30.8 Å². The fraction of sp³-hybridized carbons (Fsp3) is 0.238. The van der Waals surface area contributed by atoms with Crippen LogP contribution in [0.4, 0.5) is 4.39 Å². The highest BCUT2D eigenvalue weighted by molar-refractivity contribution is 8.27. The Labute approximate surface area is 182 Å². The first kappa shape index (κ1) is 20.6. The molecule has 0 unspecified atom stereocenters. The van der Waals surface area contributed by atoms with Crippen LogP contribution in [0.2, 0.25) is 5.02 Å². The number of nitrogens with zero attached hydrogens (tertiary/aromatic N) is 4. The number of rotatable bonds is 3. The first-order valence-electron chi connectivity index (χ1n) is 9.32. The number of nitrogens with one attached hydrogen (secondary N) is 1. The number of amides is 1. The Hall–Kier alpha value is -2.71. The van der Waals surface area contributed by atoms with Crippen molar-refractivity contribution >= 4 is 51.4 Å². The number of hydrazone groups is 1. The minimum absolute atomic E-state index is 0.00257. The molecule has 0 fully saturated rings. The quantitative estimate of drug-likeness (QED) is 0.665. The molecule has 0 spiro atoms. The van der Waals surface area contributed by atoms with E-state index in [1.165, 1.54) is 22.8 Å². The second-order valence-electron chi connectivity index (χ2n) is 7.37. The molecule has 154 valence electrons.